The summed E-state index contributed by atoms with van der Waals surface area (Å²) in [5.74, 6) is -2.25. The number of benzene rings is 1. The summed E-state index contributed by atoms with van der Waals surface area (Å²) in [5, 5.41) is 17.4. The van der Waals surface area contributed by atoms with Gasteiger partial charge in [0.2, 0.25) is 0 Å². The predicted molar refractivity (Wildman–Crippen MR) is 185 cm³/mol. The summed E-state index contributed by atoms with van der Waals surface area (Å²) in [4.78, 5) is 53.7. The number of fused-ring (bicyclic) bond motifs is 1. The number of imide groups is 1. The second-order valence-electron chi connectivity index (χ2n) is 13.4. The SMILES string of the molecule is COC(=O)NC1(c2cnn(C)c2)CCCN(c2cnc(-c3ccc(F)c(F)c3)cc2Cn2cnc3c(N(C(=O)O)C(=O)OC(C)(C)C)nccc32)C1. The molecule has 1 saturated heterocycles. The lowest BCUT2D eigenvalue weighted by Crippen LogP contribution is -2.56. The van der Waals surface area contributed by atoms with Gasteiger partial charge in [0.25, 0.3) is 0 Å². The molecule has 0 spiro atoms. The van der Waals surface area contributed by atoms with Crippen LogP contribution in [0, 0.1) is 11.6 Å². The van der Waals surface area contributed by atoms with Crippen LogP contribution in [0.1, 0.15) is 44.7 Å². The molecule has 0 aliphatic carbocycles. The Hall–Kier alpha value is -6.13. The first-order chi connectivity index (χ1) is 24.7. The van der Waals surface area contributed by atoms with Crippen molar-refractivity contribution in [3.8, 4) is 11.3 Å². The summed E-state index contributed by atoms with van der Waals surface area (Å²) in [7, 11) is 3.08. The van der Waals surface area contributed by atoms with E-state index in [4.69, 9.17) is 9.47 Å². The maximum Gasteiger partial charge on any atom is 0.425 e. The zero-order chi connectivity index (χ0) is 37.4. The predicted octanol–water partition coefficient (Wildman–Crippen LogP) is 5.82. The number of rotatable bonds is 7. The maximum absolute atomic E-state index is 14.3. The number of imidazole rings is 1. The van der Waals surface area contributed by atoms with E-state index >= 15 is 0 Å². The van der Waals surface area contributed by atoms with Crippen molar-refractivity contribution < 1.29 is 37.7 Å². The van der Waals surface area contributed by atoms with Crippen molar-refractivity contribution in [2.75, 3.05) is 30.0 Å². The van der Waals surface area contributed by atoms with Crippen molar-refractivity contribution in [1.82, 2.24) is 34.6 Å². The number of nitrogens with one attached hydrogen (secondary N) is 1. The highest BCUT2D eigenvalue weighted by molar-refractivity contribution is 6.12. The van der Waals surface area contributed by atoms with Crippen LogP contribution in [0.5, 0.6) is 0 Å². The summed E-state index contributed by atoms with van der Waals surface area (Å²) in [6.45, 7) is 5.89. The first-order valence-corrected chi connectivity index (χ1v) is 16.3. The second-order valence-corrected chi connectivity index (χ2v) is 13.4. The zero-order valence-corrected chi connectivity index (χ0v) is 29.1. The van der Waals surface area contributed by atoms with E-state index in [1.54, 1.807) is 61.6 Å². The molecule has 17 heteroatoms. The minimum Gasteiger partial charge on any atom is -0.464 e. The molecular formula is C35H37F2N9O6. The Morgan fingerprint density at radius 3 is 2.54 bits per heavy atom. The molecule has 6 rings (SSSR count). The van der Waals surface area contributed by atoms with Crippen LogP contribution in [0.15, 0.2) is 61.4 Å². The number of nitrogens with zero attached hydrogens (tertiary/aromatic N) is 8. The van der Waals surface area contributed by atoms with Crippen molar-refractivity contribution in [3.05, 3.63) is 84.2 Å². The number of aryl methyl sites for hydroxylation is 1. The van der Waals surface area contributed by atoms with Gasteiger partial charge in [-0.1, -0.05) is 0 Å². The molecule has 1 aromatic carbocycles. The fourth-order valence-corrected chi connectivity index (χ4v) is 6.31. The number of carbonyl (C=O) groups excluding carboxylic acids is 2. The molecule has 0 saturated carbocycles. The molecule has 272 valence electrons. The lowest BCUT2D eigenvalue weighted by Gasteiger charge is -2.44. The van der Waals surface area contributed by atoms with Gasteiger partial charge in [0, 0.05) is 43.7 Å². The number of ether oxygens (including phenoxy) is 2. The van der Waals surface area contributed by atoms with Crippen LogP contribution in [0.3, 0.4) is 0 Å². The first kappa shape index (κ1) is 35.7. The molecule has 1 atom stereocenters. The van der Waals surface area contributed by atoms with Gasteiger partial charge in [-0.2, -0.15) is 10.00 Å². The monoisotopic (exact) mass is 717 g/mol. The van der Waals surface area contributed by atoms with Crippen molar-refractivity contribution in [3.63, 3.8) is 0 Å². The molecule has 4 aromatic heterocycles. The number of hydrogen-bond donors (Lipinski definition) is 2. The van der Waals surface area contributed by atoms with Crippen molar-refractivity contribution in [2.24, 2.45) is 7.05 Å². The number of amides is 3. The summed E-state index contributed by atoms with van der Waals surface area (Å²) in [5.41, 5.74) is 1.60. The highest BCUT2D eigenvalue weighted by Crippen LogP contribution is 2.37. The Morgan fingerprint density at radius 1 is 1.08 bits per heavy atom. The van der Waals surface area contributed by atoms with Gasteiger partial charge in [0.1, 0.15) is 11.1 Å². The van der Waals surface area contributed by atoms with Crippen LogP contribution in [-0.4, -0.2) is 78.5 Å². The van der Waals surface area contributed by atoms with Gasteiger partial charge in [-0.25, -0.2) is 33.1 Å². The number of carbonyl (C=O) groups is 3. The van der Waals surface area contributed by atoms with Crippen LogP contribution in [0.25, 0.3) is 22.3 Å². The van der Waals surface area contributed by atoms with Crippen molar-refractivity contribution in [1.29, 1.82) is 0 Å². The van der Waals surface area contributed by atoms with Crippen molar-refractivity contribution in [2.45, 2.75) is 51.3 Å². The minimum absolute atomic E-state index is 0.128. The normalized spacial score (nSPS) is 16.1. The van der Waals surface area contributed by atoms with Gasteiger partial charge in [-0.3, -0.25) is 9.67 Å². The molecular weight excluding hydrogens is 680 g/mol. The number of pyridine rings is 2. The van der Waals surface area contributed by atoms with E-state index in [0.29, 0.717) is 58.9 Å². The largest absolute Gasteiger partial charge is 0.464 e. The second kappa shape index (κ2) is 13.9. The third-order valence-electron chi connectivity index (χ3n) is 8.64. The maximum atomic E-state index is 14.3. The molecule has 52 heavy (non-hydrogen) atoms. The number of carboxylic acid groups (broad SMARTS) is 1. The van der Waals surface area contributed by atoms with E-state index in [0.717, 1.165) is 17.7 Å². The van der Waals surface area contributed by atoms with E-state index < -0.39 is 41.1 Å². The average molecular weight is 718 g/mol. The molecule has 0 radical (unpaired) electrons. The summed E-state index contributed by atoms with van der Waals surface area (Å²) in [6, 6.07) is 6.92. The third kappa shape index (κ3) is 7.19. The van der Waals surface area contributed by atoms with Crippen LogP contribution in [0.4, 0.5) is 34.7 Å². The standard InChI is InChI=1S/C35H37F2N9O6/c1-34(2,3)52-33(50)46(32(48)49)30-29-27(9-11-38-30)45(20-40-29)17-22-14-26(21-7-8-24(36)25(37)13-21)39-16-28(22)44-12-6-10-35(19-44,42-31(47)51-5)23-15-41-43(4)18-23/h7-9,11,13-16,18,20H,6,10,12,17,19H2,1-5H3,(H,42,47)(H,48,49). The fraction of sp³-hybridized carbons (Fsp3) is 0.343. The molecule has 0 bridgehead atoms. The Bertz CT molecular complexity index is 2160. The number of hydrogen-bond acceptors (Lipinski definition) is 10. The molecule has 1 unspecified atom stereocenters. The van der Waals surface area contributed by atoms with Crippen LogP contribution in [-0.2, 0) is 28.6 Å². The first-order valence-electron chi connectivity index (χ1n) is 16.3. The van der Waals surface area contributed by atoms with E-state index in [-0.39, 0.29) is 17.9 Å². The highest BCUT2D eigenvalue weighted by Gasteiger charge is 2.41. The Labute approximate surface area is 296 Å². The topological polar surface area (TPSA) is 170 Å². The number of aromatic nitrogens is 6. The van der Waals surface area contributed by atoms with E-state index in [1.165, 1.54) is 25.7 Å². The molecule has 5 heterocycles. The Morgan fingerprint density at radius 2 is 1.87 bits per heavy atom. The molecule has 1 aliphatic rings. The quantitative estimate of drug-likeness (QED) is 0.208. The summed E-state index contributed by atoms with van der Waals surface area (Å²) < 4.78 is 41.9. The van der Waals surface area contributed by atoms with Gasteiger partial charge < -0.3 is 29.4 Å². The smallest absolute Gasteiger partial charge is 0.425 e. The third-order valence-corrected chi connectivity index (χ3v) is 8.64. The average Bonchev–Trinajstić information content (AvgIpc) is 3.72. The van der Waals surface area contributed by atoms with Gasteiger partial charge in [0.15, 0.2) is 17.5 Å². The van der Waals surface area contributed by atoms with Crippen LogP contribution < -0.4 is 15.1 Å². The van der Waals surface area contributed by atoms with Crippen molar-refractivity contribution >= 4 is 40.8 Å². The van der Waals surface area contributed by atoms with Crippen LogP contribution >= 0.6 is 0 Å². The molecule has 1 aliphatic heterocycles. The molecule has 1 fully saturated rings. The van der Waals surface area contributed by atoms with Gasteiger partial charge in [-0.05, 0) is 69.5 Å². The highest BCUT2D eigenvalue weighted by atomic mass is 19.2. The molecule has 5 aromatic rings. The molecule has 15 nitrogen and oxygen atoms in total. The van der Waals surface area contributed by atoms with Gasteiger partial charge in [-0.15, -0.1) is 0 Å². The van der Waals surface area contributed by atoms with Gasteiger partial charge in [0.05, 0.1) is 54.8 Å². The summed E-state index contributed by atoms with van der Waals surface area (Å²) >= 11 is 0. The number of alkyl carbamates (subject to hydrolysis) is 1. The number of halogens is 2. The fourth-order valence-electron chi connectivity index (χ4n) is 6.31. The molecule has 3 amide bonds. The van der Waals surface area contributed by atoms with E-state index in [9.17, 15) is 28.3 Å². The Kier molecular flexibility index (Phi) is 9.53. The van der Waals surface area contributed by atoms with Gasteiger partial charge >= 0.3 is 18.3 Å². The summed E-state index contributed by atoms with van der Waals surface area (Å²) in [6.07, 6.45) is 5.96. The lowest BCUT2D eigenvalue weighted by atomic mass is 9.83. The minimum atomic E-state index is -1.60. The number of anilines is 2. The number of piperidine rings is 1. The van der Waals surface area contributed by atoms with Crippen LogP contribution in [0.2, 0.25) is 0 Å². The lowest BCUT2D eigenvalue weighted by molar-refractivity contribution is 0.0581. The zero-order valence-electron chi connectivity index (χ0n) is 29.1. The Balaban J connectivity index is 1.44. The van der Waals surface area contributed by atoms with E-state index in [2.05, 4.69) is 30.3 Å². The molecule has 2 N–H and O–H groups in total. The number of methoxy groups -OCH3 is 1. The van der Waals surface area contributed by atoms with E-state index in [1.807, 2.05) is 6.20 Å².